The number of nitrogens with one attached hydrogen (secondary N) is 1. The van der Waals surface area contributed by atoms with Crippen LogP contribution in [0.15, 0.2) is 23.4 Å². The van der Waals surface area contributed by atoms with Gasteiger partial charge in [0.1, 0.15) is 6.17 Å². The SMILES string of the molecule is CC.CCC1CC(Nc2cccc3c(CC(F)(F)F)c(/C(N)=N/O)sc23)C(F)C(CC)N1C. The summed E-state index contributed by atoms with van der Waals surface area (Å²) in [6.07, 6.45) is -4.63. The Morgan fingerprint density at radius 3 is 2.48 bits per heavy atom. The number of thiophene rings is 1. The van der Waals surface area contributed by atoms with Gasteiger partial charge in [-0.3, -0.25) is 4.90 Å². The molecule has 4 unspecified atom stereocenters. The standard InChI is InChI=1S/C21H28F4N4OS.C2H6/c1-4-11-9-15(17(22)16(5-2)29(11)3)27-14-8-6-7-12-13(10-21(23,24)25)19(20(26)28-30)31-18(12)14;1-2/h6-8,11,15-17,27,30H,4-5,9-10H2,1-3H3,(H2,26,28);1-2H3. The molecule has 33 heavy (non-hydrogen) atoms. The molecule has 2 heterocycles. The minimum absolute atomic E-state index is 0.0375. The summed E-state index contributed by atoms with van der Waals surface area (Å²) in [5, 5.41) is 15.6. The number of rotatable bonds is 6. The lowest BCUT2D eigenvalue weighted by Crippen LogP contribution is -2.57. The van der Waals surface area contributed by atoms with Gasteiger partial charge in [0.25, 0.3) is 0 Å². The molecule has 0 spiro atoms. The molecule has 0 aliphatic carbocycles. The molecule has 1 aliphatic heterocycles. The number of hydrogen-bond donors (Lipinski definition) is 3. The van der Waals surface area contributed by atoms with Gasteiger partial charge < -0.3 is 16.3 Å². The molecule has 5 nitrogen and oxygen atoms in total. The van der Waals surface area contributed by atoms with E-state index >= 15 is 4.39 Å². The van der Waals surface area contributed by atoms with E-state index in [1.165, 1.54) is 0 Å². The van der Waals surface area contributed by atoms with Gasteiger partial charge in [0.2, 0.25) is 0 Å². The average molecular weight is 491 g/mol. The Labute approximate surface area is 196 Å². The van der Waals surface area contributed by atoms with E-state index in [4.69, 9.17) is 10.9 Å². The quantitative estimate of drug-likeness (QED) is 0.150. The topological polar surface area (TPSA) is 73.9 Å². The number of piperidine rings is 1. The molecular formula is C23H34F4N4OS. The highest BCUT2D eigenvalue weighted by atomic mass is 32.1. The van der Waals surface area contributed by atoms with Crippen LogP contribution in [0.5, 0.6) is 0 Å². The van der Waals surface area contributed by atoms with Crippen molar-refractivity contribution < 1.29 is 22.8 Å². The summed E-state index contributed by atoms with van der Waals surface area (Å²) < 4.78 is 55.5. The van der Waals surface area contributed by atoms with Gasteiger partial charge in [-0.1, -0.05) is 45.0 Å². The maximum atomic E-state index is 15.3. The van der Waals surface area contributed by atoms with Crippen molar-refractivity contribution in [3.8, 4) is 0 Å². The number of fused-ring (bicyclic) bond motifs is 1. The van der Waals surface area contributed by atoms with Gasteiger partial charge >= 0.3 is 6.18 Å². The van der Waals surface area contributed by atoms with Crippen molar-refractivity contribution in [2.75, 3.05) is 12.4 Å². The number of benzene rings is 1. The molecule has 2 aromatic rings. The number of nitrogens with zero attached hydrogens (tertiary/aromatic N) is 2. The highest BCUT2D eigenvalue weighted by Crippen LogP contribution is 2.40. The van der Waals surface area contributed by atoms with Crippen LogP contribution >= 0.6 is 11.3 Å². The summed E-state index contributed by atoms with van der Waals surface area (Å²) in [5.41, 5.74) is 6.20. The summed E-state index contributed by atoms with van der Waals surface area (Å²) >= 11 is 1.02. The van der Waals surface area contributed by atoms with Crippen molar-refractivity contribution in [3.05, 3.63) is 28.6 Å². The first-order chi connectivity index (χ1) is 15.6. The summed E-state index contributed by atoms with van der Waals surface area (Å²) in [6.45, 7) is 8.02. The Bertz CT molecular complexity index is 946. The van der Waals surface area contributed by atoms with E-state index in [-0.39, 0.29) is 28.4 Å². The van der Waals surface area contributed by atoms with Crippen molar-refractivity contribution in [1.29, 1.82) is 0 Å². The Morgan fingerprint density at radius 2 is 1.94 bits per heavy atom. The number of likely N-dealkylation sites (tertiary alicyclic amines) is 1. The number of oxime groups is 1. The smallest absolute Gasteiger partial charge is 0.393 e. The number of nitrogens with two attached hydrogens (primary N) is 1. The van der Waals surface area contributed by atoms with E-state index in [1.807, 2.05) is 27.8 Å². The Morgan fingerprint density at radius 1 is 1.27 bits per heavy atom. The number of amidine groups is 1. The fourth-order valence-electron chi connectivity index (χ4n) is 4.57. The van der Waals surface area contributed by atoms with Crippen LogP contribution in [0.2, 0.25) is 0 Å². The summed E-state index contributed by atoms with van der Waals surface area (Å²) in [7, 11) is 1.94. The van der Waals surface area contributed by atoms with E-state index in [1.54, 1.807) is 18.2 Å². The van der Waals surface area contributed by atoms with Crippen LogP contribution in [-0.4, -0.2) is 53.5 Å². The molecule has 0 bridgehead atoms. The van der Waals surface area contributed by atoms with Crippen molar-refractivity contribution in [3.63, 3.8) is 0 Å². The molecule has 1 aromatic heterocycles. The molecular weight excluding hydrogens is 456 g/mol. The molecule has 1 saturated heterocycles. The van der Waals surface area contributed by atoms with E-state index in [9.17, 15) is 13.2 Å². The van der Waals surface area contributed by atoms with E-state index in [0.29, 0.717) is 28.6 Å². The second-order valence-corrected chi connectivity index (χ2v) is 9.02. The molecule has 4 N–H and O–H groups in total. The zero-order valence-electron chi connectivity index (χ0n) is 19.7. The molecule has 1 aromatic carbocycles. The fraction of sp³-hybridized carbons (Fsp3) is 0.609. The molecule has 1 fully saturated rings. The lowest BCUT2D eigenvalue weighted by molar-refractivity contribution is -0.126. The maximum Gasteiger partial charge on any atom is 0.393 e. The summed E-state index contributed by atoms with van der Waals surface area (Å²) in [6, 6.07) is 4.48. The van der Waals surface area contributed by atoms with Gasteiger partial charge in [-0.25, -0.2) is 4.39 Å². The zero-order valence-corrected chi connectivity index (χ0v) is 20.5. The molecule has 4 atom stereocenters. The van der Waals surface area contributed by atoms with E-state index < -0.39 is 24.8 Å². The third kappa shape index (κ3) is 5.90. The van der Waals surface area contributed by atoms with Crippen molar-refractivity contribution in [2.24, 2.45) is 10.9 Å². The fourth-order valence-corrected chi connectivity index (χ4v) is 5.76. The minimum Gasteiger partial charge on any atom is -0.409 e. The van der Waals surface area contributed by atoms with Crippen LogP contribution in [0.25, 0.3) is 10.1 Å². The van der Waals surface area contributed by atoms with Crippen LogP contribution in [-0.2, 0) is 6.42 Å². The molecule has 0 saturated carbocycles. The van der Waals surface area contributed by atoms with Gasteiger partial charge in [-0.2, -0.15) is 13.2 Å². The number of halogens is 4. The number of alkyl halides is 4. The third-order valence-electron chi connectivity index (χ3n) is 6.14. The normalized spacial score (nSPS) is 24.5. The Hall–Kier alpha value is -2.07. The largest absolute Gasteiger partial charge is 0.409 e. The summed E-state index contributed by atoms with van der Waals surface area (Å²) in [5.74, 6) is -0.369. The molecule has 0 radical (unpaired) electrons. The Balaban J connectivity index is 0.00000187. The van der Waals surface area contributed by atoms with Gasteiger partial charge in [0, 0.05) is 12.1 Å². The highest BCUT2D eigenvalue weighted by molar-refractivity contribution is 7.21. The monoisotopic (exact) mass is 490 g/mol. The van der Waals surface area contributed by atoms with Gasteiger partial charge in [-0.15, -0.1) is 11.3 Å². The highest BCUT2D eigenvalue weighted by Gasteiger charge is 2.40. The predicted molar refractivity (Wildman–Crippen MR) is 128 cm³/mol. The second-order valence-electron chi connectivity index (χ2n) is 8.00. The summed E-state index contributed by atoms with van der Waals surface area (Å²) in [4.78, 5) is 2.16. The van der Waals surface area contributed by atoms with Crippen LogP contribution < -0.4 is 11.1 Å². The first kappa shape index (κ1) is 27.2. The molecule has 10 heteroatoms. The Kier molecular flexibility index (Phi) is 9.37. The lowest BCUT2D eigenvalue weighted by atomic mass is 9.87. The number of hydrogen-bond acceptors (Lipinski definition) is 5. The van der Waals surface area contributed by atoms with Gasteiger partial charge in [0.05, 0.1) is 27.7 Å². The second kappa shape index (κ2) is 11.4. The first-order valence-electron chi connectivity index (χ1n) is 11.3. The van der Waals surface area contributed by atoms with Crippen molar-refractivity contribution >= 4 is 32.9 Å². The van der Waals surface area contributed by atoms with Crippen LogP contribution in [0, 0.1) is 0 Å². The van der Waals surface area contributed by atoms with E-state index in [2.05, 4.69) is 22.3 Å². The lowest BCUT2D eigenvalue weighted by Gasteiger charge is -2.45. The first-order valence-corrected chi connectivity index (χ1v) is 12.1. The number of anilines is 1. The average Bonchev–Trinajstić information content (AvgIpc) is 3.14. The minimum atomic E-state index is -4.46. The van der Waals surface area contributed by atoms with Crippen molar-refractivity contribution in [1.82, 2.24) is 4.90 Å². The third-order valence-corrected chi connectivity index (χ3v) is 7.45. The van der Waals surface area contributed by atoms with Crippen molar-refractivity contribution in [2.45, 2.75) is 83.9 Å². The van der Waals surface area contributed by atoms with Crippen LogP contribution in [0.4, 0.5) is 23.2 Å². The zero-order chi connectivity index (χ0) is 24.9. The molecule has 3 rings (SSSR count). The molecule has 0 amide bonds. The van der Waals surface area contributed by atoms with E-state index in [0.717, 1.165) is 17.8 Å². The molecule has 1 aliphatic rings. The van der Waals surface area contributed by atoms with Gasteiger partial charge in [0.15, 0.2) is 5.84 Å². The molecule has 186 valence electrons. The van der Waals surface area contributed by atoms with Crippen LogP contribution in [0.1, 0.15) is 57.4 Å². The predicted octanol–water partition coefficient (Wildman–Crippen LogP) is 6.14. The van der Waals surface area contributed by atoms with Gasteiger partial charge in [-0.05, 0) is 43.3 Å². The maximum absolute atomic E-state index is 15.3. The van der Waals surface area contributed by atoms with Crippen LogP contribution in [0.3, 0.4) is 0 Å².